The first kappa shape index (κ1) is 16.5. The van der Waals surface area contributed by atoms with E-state index < -0.39 is 11.8 Å². The van der Waals surface area contributed by atoms with Gasteiger partial charge in [-0.25, -0.2) is 0 Å². The summed E-state index contributed by atoms with van der Waals surface area (Å²) in [7, 11) is 0. The molecule has 0 bridgehead atoms. The van der Waals surface area contributed by atoms with Crippen molar-refractivity contribution in [2.24, 2.45) is 0 Å². The number of ether oxygens (including phenoxy) is 1. The van der Waals surface area contributed by atoms with Crippen LogP contribution in [0.25, 0.3) is 0 Å². The Hall–Kier alpha value is -2.82. The number of hydrogen-bond donors (Lipinski definition) is 2. The summed E-state index contributed by atoms with van der Waals surface area (Å²) in [4.78, 5) is 23.7. The summed E-state index contributed by atoms with van der Waals surface area (Å²) in [6.07, 6.45) is 0.781. The van der Waals surface area contributed by atoms with Crippen molar-refractivity contribution in [2.45, 2.75) is 13.3 Å². The maximum atomic E-state index is 11.9. The van der Waals surface area contributed by atoms with Crippen molar-refractivity contribution in [1.29, 1.82) is 0 Å². The number of carbonyl (C=O) groups excluding carboxylic acids is 2. The van der Waals surface area contributed by atoms with Gasteiger partial charge in [0.05, 0.1) is 6.54 Å². The molecular formula is C18H20N2O3. The molecule has 2 rings (SSSR count). The molecule has 0 fully saturated rings. The predicted octanol–water partition coefficient (Wildman–Crippen LogP) is 2.38. The van der Waals surface area contributed by atoms with Gasteiger partial charge in [-0.2, -0.15) is 0 Å². The van der Waals surface area contributed by atoms with E-state index in [0.717, 1.165) is 17.7 Å². The summed E-state index contributed by atoms with van der Waals surface area (Å²) in [5, 5.41) is 5.16. The number of amides is 2. The van der Waals surface area contributed by atoms with E-state index in [1.807, 2.05) is 55.5 Å². The normalized spacial score (nSPS) is 9.96. The van der Waals surface area contributed by atoms with E-state index in [9.17, 15) is 9.59 Å². The third-order valence-electron chi connectivity index (χ3n) is 3.25. The van der Waals surface area contributed by atoms with Gasteiger partial charge in [-0.05, 0) is 30.2 Å². The minimum atomic E-state index is -0.675. The van der Waals surface area contributed by atoms with Gasteiger partial charge in [-0.1, -0.05) is 43.3 Å². The summed E-state index contributed by atoms with van der Waals surface area (Å²) in [6, 6.07) is 16.7. The van der Waals surface area contributed by atoms with Crippen LogP contribution in [0.4, 0.5) is 5.69 Å². The fourth-order valence-electron chi connectivity index (χ4n) is 2.06. The van der Waals surface area contributed by atoms with Crippen molar-refractivity contribution in [3.05, 3.63) is 60.2 Å². The Kier molecular flexibility index (Phi) is 6.17. The molecule has 5 nitrogen and oxygen atoms in total. The van der Waals surface area contributed by atoms with Crippen molar-refractivity contribution in [1.82, 2.24) is 5.32 Å². The van der Waals surface area contributed by atoms with Crippen LogP contribution in [0.1, 0.15) is 12.5 Å². The van der Waals surface area contributed by atoms with Crippen molar-refractivity contribution in [2.75, 3.05) is 18.5 Å². The number of anilines is 1. The van der Waals surface area contributed by atoms with Crippen molar-refractivity contribution in [3.63, 3.8) is 0 Å². The van der Waals surface area contributed by atoms with Gasteiger partial charge >= 0.3 is 11.8 Å². The molecule has 0 saturated heterocycles. The van der Waals surface area contributed by atoms with E-state index in [0.29, 0.717) is 12.3 Å². The Balaban J connectivity index is 1.76. The fourth-order valence-corrected chi connectivity index (χ4v) is 2.06. The quantitative estimate of drug-likeness (QED) is 0.636. The van der Waals surface area contributed by atoms with Gasteiger partial charge in [0.15, 0.2) is 0 Å². The largest absolute Gasteiger partial charge is 0.492 e. The predicted molar refractivity (Wildman–Crippen MR) is 89.4 cm³/mol. The lowest BCUT2D eigenvalue weighted by atomic mass is 10.1. The van der Waals surface area contributed by atoms with Crippen LogP contribution in [-0.2, 0) is 16.0 Å². The average molecular weight is 312 g/mol. The zero-order valence-corrected chi connectivity index (χ0v) is 13.0. The lowest BCUT2D eigenvalue weighted by molar-refractivity contribution is -0.136. The molecule has 0 aliphatic rings. The number of aryl methyl sites for hydroxylation is 1. The number of nitrogens with one attached hydrogen (secondary N) is 2. The molecule has 0 saturated carbocycles. The highest BCUT2D eigenvalue weighted by Gasteiger charge is 2.14. The molecule has 0 unspecified atom stereocenters. The summed E-state index contributed by atoms with van der Waals surface area (Å²) in [5.74, 6) is -0.624. The zero-order chi connectivity index (χ0) is 16.5. The first-order valence-electron chi connectivity index (χ1n) is 7.55. The summed E-state index contributed by atoms with van der Waals surface area (Å²) in [6.45, 7) is 2.55. The molecule has 0 radical (unpaired) electrons. The molecule has 0 aliphatic carbocycles. The Morgan fingerprint density at radius 1 is 0.957 bits per heavy atom. The van der Waals surface area contributed by atoms with Gasteiger partial charge in [-0.3, -0.25) is 9.59 Å². The fraction of sp³-hybridized carbons (Fsp3) is 0.222. The van der Waals surface area contributed by atoms with Crippen LogP contribution >= 0.6 is 0 Å². The molecule has 2 N–H and O–H groups in total. The first-order valence-corrected chi connectivity index (χ1v) is 7.55. The third-order valence-corrected chi connectivity index (χ3v) is 3.25. The molecular weight excluding hydrogens is 292 g/mol. The number of para-hydroxylation sites is 2. The Bertz CT molecular complexity index is 656. The average Bonchev–Trinajstić information content (AvgIpc) is 2.60. The molecule has 0 aliphatic heterocycles. The number of hydrogen-bond acceptors (Lipinski definition) is 3. The van der Waals surface area contributed by atoms with E-state index in [-0.39, 0.29) is 6.54 Å². The van der Waals surface area contributed by atoms with Crippen LogP contribution in [0.5, 0.6) is 5.75 Å². The maximum Gasteiger partial charge on any atom is 0.313 e. The first-order chi connectivity index (χ1) is 11.2. The Labute approximate surface area is 135 Å². The summed E-state index contributed by atoms with van der Waals surface area (Å²) < 4.78 is 5.44. The molecule has 2 aromatic rings. The summed E-state index contributed by atoms with van der Waals surface area (Å²) in [5.41, 5.74) is 1.65. The molecule has 0 heterocycles. The molecule has 23 heavy (non-hydrogen) atoms. The minimum Gasteiger partial charge on any atom is -0.492 e. The van der Waals surface area contributed by atoms with E-state index in [4.69, 9.17) is 4.74 Å². The van der Waals surface area contributed by atoms with Crippen molar-refractivity contribution >= 4 is 17.5 Å². The minimum absolute atomic E-state index is 0.260. The van der Waals surface area contributed by atoms with E-state index in [1.165, 1.54) is 0 Å². The van der Waals surface area contributed by atoms with Gasteiger partial charge in [-0.15, -0.1) is 0 Å². The van der Waals surface area contributed by atoms with Crippen LogP contribution in [0, 0.1) is 0 Å². The second-order valence-electron chi connectivity index (χ2n) is 4.88. The van der Waals surface area contributed by atoms with E-state index in [2.05, 4.69) is 10.6 Å². The van der Waals surface area contributed by atoms with Crippen LogP contribution in [0.3, 0.4) is 0 Å². The van der Waals surface area contributed by atoms with Gasteiger partial charge < -0.3 is 15.4 Å². The zero-order valence-electron chi connectivity index (χ0n) is 13.0. The number of benzene rings is 2. The van der Waals surface area contributed by atoms with Gasteiger partial charge in [0, 0.05) is 5.69 Å². The second-order valence-corrected chi connectivity index (χ2v) is 4.88. The van der Waals surface area contributed by atoms with Gasteiger partial charge in [0.25, 0.3) is 0 Å². The highest BCUT2D eigenvalue weighted by atomic mass is 16.5. The van der Waals surface area contributed by atoms with Crippen molar-refractivity contribution < 1.29 is 14.3 Å². The molecule has 0 aromatic heterocycles. The smallest absolute Gasteiger partial charge is 0.313 e. The standard InChI is InChI=1S/C18H20N2O3/c1-2-14-8-6-7-11-16(14)20-18(22)17(21)19-12-13-23-15-9-4-3-5-10-15/h3-11H,2,12-13H2,1H3,(H,19,21)(H,20,22). The topological polar surface area (TPSA) is 67.4 Å². The lowest BCUT2D eigenvalue weighted by Crippen LogP contribution is -2.37. The van der Waals surface area contributed by atoms with Crippen LogP contribution in [0.15, 0.2) is 54.6 Å². The van der Waals surface area contributed by atoms with Gasteiger partial charge in [0.1, 0.15) is 12.4 Å². The Morgan fingerprint density at radius 3 is 2.39 bits per heavy atom. The molecule has 0 atom stereocenters. The second kappa shape index (κ2) is 8.58. The lowest BCUT2D eigenvalue weighted by Gasteiger charge is -2.10. The number of carbonyl (C=O) groups is 2. The van der Waals surface area contributed by atoms with Gasteiger partial charge in [0.2, 0.25) is 0 Å². The Morgan fingerprint density at radius 2 is 1.65 bits per heavy atom. The summed E-state index contributed by atoms with van der Waals surface area (Å²) >= 11 is 0. The molecule has 2 aromatic carbocycles. The monoisotopic (exact) mass is 312 g/mol. The molecule has 0 spiro atoms. The van der Waals surface area contributed by atoms with Crippen LogP contribution in [-0.4, -0.2) is 25.0 Å². The maximum absolute atomic E-state index is 11.9. The molecule has 120 valence electrons. The molecule has 5 heteroatoms. The highest BCUT2D eigenvalue weighted by Crippen LogP contribution is 2.15. The number of rotatable bonds is 6. The molecule has 2 amide bonds. The van der Waals surface area contributed by atoms with Crippen molar-refractivity contribution in [3.8, 4) is 5.75 Å². The third kappa shape index (κ3) is 5.14. The highest BCUT2D eigenvalue weighted by molar-refractivity contribution is 6.39. The van der Waals surface area contributed by atoms with Crippen LogP contribution in [0.2, 0.25) is 0 Å². The van der Waals surface area contributed by atoms with Crippen LogP contribution < -0.4 is 15.4 Å². The SMILES string of the molecule is CCc1ccccc1NC(=O)C(=O)NCCOc1ccccc1. The van der Waals surface area contributed by atoms with E-state index in [1.54, 1.807) is 6.07 Å². The van der Waals surface area contributed by atoms with E-state index >= 15 is 0 Å².